The van der Waals surface area contributed by atoms with E-state index in [4.69, 9.17) is 4.74 Å². The molecule has 1 rings (SSSR count). The van der Waals surface area contributed by atoms with Crippen molar-refractivity contribution in [1.82, 2.24) is 0 Å². The van der Waals surface area contributed by atoms with Crippen LogP contribution in [0.15, 0.2) is 36.4 Å². The summed E-state index contributed by atoms with van der Waals surface area (Å²) in [6.45, 7) is 7.51. The molecule has 0 spiro atoms. The van der Waals surface area contributed by atoms with Gasteiger partial charge in [0.1, 0.15) is 0 Å². The lowest BCUT2D eigenvalue weighted by Crippen LogP contribution is -2.14. The Morgan fingerprint density at radius 2 is 1.79 bits per heavy atom. The van der Waals surface area contributed by atoms with Crippen molar-refractivity contribution in [3.63, 3.8) is 0 Å². The summed E-state index contributed by atoms with van der Waals surface area (Å²) in [7, 11) is 0. The first-order valence-corrected chi connectivity index (χ1v) is 5.99. The van der Waals surface area contributed by atoms with E-state index in [0.29, 0.717) is 18.7 Å². The van der Waals surface area contributed by atoms with Crippen LogP contribution in [0.2, 0.25) is 0 Å². The van der Waals surface area contributed by atoms with E-state index in [9.17, 15) is 9.59 Å². The van der Waals surface area contributed by atoms with Crippen LogP contribution in [0.5, 0.6) is 0 Å². The van der Waals surface area contributed by atoms with Crippen LogP contribution in [-0.2, 0) is 14.3 Å². The number of benzene rings is 1. The maximum absolute atomic E-state index is 11.3. The minimum atomic E-state index is -0.398. The number of carbonyl (C=O) groups is 2. The molecular formula is C14H18N2O3. The fourth-order valence-corrected chi connectivity index (χ4v) is 1.39. The number of rotatable bonds is 6. The van der Waals surface area contributed by atoms with Crippen molar-refractivity contribution in [2.45, 2.75) is 13.8 Å². The second-order valence-corrected chi connectivity index (χ2v) is 3.94. The van der Waals surface area contributed by atoms with Crippen molar-refractivity contribution in [2.24, 2.45) is 0 Å². The Bertz CT molecular complexity index is 466. The van der Waals surface area contributed by atoms with Crippen molar-refractivity contribution in [3.8, 4) is 0 Å². The number of esters is 1. The zero-order valence-electron chi connectivity index (χ0n) is 11.2. The number of amides is 1. The van der Waals surface area contributed by atoms with E-state index >= 15 is 0 Å². The fraction of sp³-hybridized carbons (Fsp3) is 0.286. The van der Waals surface area contributed by atoms with Crippen LogP contribution in [-0.4, -0.2) is 25.0 Å². The largest absolute Gasteiger partial charge is 0.463 e. The van der Waals surface area contributed by atoms with Gasteiger partial charge in [-0.3, -0.25) is 4.79 Å². The molecule has 0 saturated heterocycles. The SMILES string of the molecule is C=C(CNc1ccc(NC(C)=O)cc1)C(=O)OCC. The number of ether oxygens (including phenoxy) is 1. The summed E-state index contributed by atoms with van der Waals surface area (Å²) < 4.78 is 4.83. The van der Waals surface area contributed by atoms with Gasteiger partial charge in [0, 0.05) is 30.4 Å². The standard InChI is InChI=1S/C14H18N2O3/c1-4-19-14(18)10(2)9-15-12-5-7-13(8-6-12)16-11(3)17/h5-8,15H,2,4,9H2,1,3H3,(H,16,17). The normalized spacial score (nSPS) is 9.58. The van der Waals surface area contributed by atoms with Gasteiger partial charge < -0.3 is 15.4 Å². The molecule has 0 aromatic heterocycles. The Balaban J connectivity index is 2.47. The molecule has 0 aliphatic rings. The molecule has 0 unspecified atom stereocenters. The summed E-state index contributed by atoms with van der Waals surface area (Å²) in [5.41, 5.74) is 1.93. The average Bonchev–Trinajstić information content (AvgIpc) is 2.37. The molecule has 2 N–H and O–H groups in total. The summed E-state index contributed by atoms with van der Waals surface area (Å²) in [6.07, 6.45) is 0. The first-order valence-electron chi connectivity index (χ1n) is 5.99. The van der Waals surface area contributed by atoms with Crippen LogP contribution < -0.4 is 10.6 Å². The highest BCUT2D eigenvalue weighted by Gasteiger charge is 2.06. The van der Waals surface area contributed by atoms with E-state index in [-0.39, 0.29) is 5.91 Å². The van der Waals surface area contributed by atoms with Crippen molar-refractivity contribution < 1.29 is 14.3 Å². The number of hydrogen-bond donors (Lipinski definition) is 2. The van der Waals surface area contributed by atoms with E-state index < -0.39 is 5.97 Å². The predicted molar refractivity (Wildman–Crippen MR) is 75.0 cm³/mol. The van der Waals surface area contributed by atoms with E-state index in [0.717, 1.165) is 11.4 Å². The van der Waals surface area contributed by atoms with E-state index in [1.54, 1.807) is 19.1 Å². The third-order valence-electron chi connectivity index (χ3n) is 2.28. The second kappa shape index (κ2) is 7.20. The molecule has 1 aromatic rings. The van der Waals surface area contributed by atoms with Crippen LogP contribution in [0.1, 0.15) is 13.8 Å². The molecule has 0 atom stereocenters. The highest BCUT2D eigenvalue weighted by atomic mass is 16.5. The Labute approximate surface area is 112 Å². The molecule has 5 heteroatoms. The van der Waals surface area contributed by atoms with Crippen LogP contribution >= 0.6 is 0 Å². The third kappa shape index (κ3) is 5.25. The fourth-order valence-electron chi connectivity index (χ4n) is 1.39. The maximum atomic E-state index is 11.3. The molecule has 0 aliphatic carbocycles. The van der Waals surface area contributed by atoms with Crippen LogP contribution in [0.4, 0.5) is 11.4 Å². The summed E-state index contributed by atoms with van der Waals surface area (Å²) >= 11 is 0. The molecule has 0 radical (unpaired) electrons. The highest BCUT2D eigenvalue weighted by Crippen LogP contribution is 2.13. The van der Waals surface area contributed by atoms with E-state index in [1.807, 2.05) is 12.1 Å². The summed E-state index contributed by atoms with van der Waals surface area (Å²) in [5, 5.41) is 5.72. The van der Waals surface area contributed by atoms with Gasteiger partial charge in [-0.25, -0.2) is 4.79 Å². The number of nitrogens with one attached hydrogen (secondary N) is 2. The van der Waals surface area contributed by atoms with E-state index in [2.05, 4.69) is 17.2 Å². The molecule has 19 heavy (non-hydrogen) atoms. The number of anilines is 2. The van der Waals surface area contributed by atoms with Crippen LogP contribution in [0, 0.1) is 0 Å². The molecule has 0 aliphatic heterocycles. The Morgan fingerprint density at radius 1 is 1.21 bits per heavy atom. The quantitative estimate of drug-likeness (QED) is 0.609. The van der Waals surface area contributed by atoms with Gasteiger partial charge in [-0.15, -0.1) is 0 Å². The third-order valence-corrected chi connectivity index (χ3v) is 2.28. The number of carbonyl (C=O) groups excluding carboxylic acids is 2. The van der Waals surface area contributed by atoms with E-state index in [1.165, 1.54) is 6.92 Å². The molecular weight excluding hydrogens is 244 g/mol. The Hall–Kier alpha value is -2.30. The van der Waals surface area contributed by atoms with Crippen molar-refractivity contribution in [1.29, 1.82) is 0 Å². The first kappa shape index (κ1) is 14.8. The van der Waals surface area contributed by atoms with Gasteiger partial charge in [-0.2, -0.15) is 0 Å². The van der Waals surface area contributed by atoms with Crippen LogP contribution in [0.3, 0.4) is 0 Å². The first-order chi connectivity index (χ1) is 9.02. The van der Waals surface area contributed by atoms with Crippen molar-refractivity contribution >= 4 is 23.3 Å². The van der Waals surface area contributed by atoms with Crippen LogP contribution in [0.25, 0.3) is 0 Å². The van der Waals surface area contributed by atoms with Gasteiger partial charge in [-0.05, 0) is 31.2 Å². The lowest BCUT2D eigenvalue weighted by atomic mass is 10.2. The lowest BCUT2D eigenvalue weighted by Gasteiger charge is -2.09. The second-order valence-electron chi connectivity index (χ2n) is 3.94. The van der Waals surface area contributed by atoms with Gasteiger partial charge in [-0.1, -0.05) is 6.58 Å². The van der Waals surface area contributed by atoms with Gasteiger partial charge >= 0.3 is 5.97 Å². The Morgan fingerprint density at radius 3 is 2.32 bits per heavy atom. The predicted octanol–water partition coefficient (Wildman–Crippen LogP) is 2.18. The topological polar surface area (TPSA) is 67.4 Å². The zero-order valence-corrected chi connectivity index (χ0v) is 11.2. The monoisotopic (exact) mass is 262 g/mol. The van der Waals surface area contributed by atoms with Gasteiger partial charge in [0.25, 0.3) is 0 Å². The summed E-state index contributed by atoms with van der Waals surface area (Å²) in [4.78, 5) is 22.2. The summed E-state index contributed by atoms with van der Waals surface area (Å²) in [5.74, 6) is -0.513. The summed E-state index contributed by atoms with van der Waals surface area (Å²) in [6, 6.07) is 7.17. The highest BCUT2D eigenvalue weighted by molar-refractivity contribution is 5.89. The minimum Gasteiger partial charge on any atom is -0.463 e. The lowest BCUT2D eigenvalue weighted by molar-refractivity contribution is -0.138. The van der Waals surface area contributed by atoms with Crippen molar-refractivity contribution in [3.05, 3.63) is 36.4 Å². The molecule has 0 saturated carbocycles. The smallest absolute Gasteiger partial charge is 0.335 e. The Kier molecular flexibility index (Phi) is 5.60. The maximum Gasteiger partial charge on any atom is 0.335 e. The van der Waals surface area contributed by atoms with Gasteiger partial charge in [0.05, 0.1) is 6.61 Å². The minimum absolute atomic E-state index is 0.114. The average molecular weight is 262 g/mol. The molecule has 1 aromatic carbocycles. The molecule has 102 valence electrons. The molecule has 5 nitrogen and oxygen atoms in total. The molecule has 1 amide bonds. The van der Waals surface area contributed by atoms with Gasteiger partial charge in [0.15, 0.2) is 0 Å². The molecule has 0 heterocycles. The molecule has 0 bridgehead atoms. The molecule has 0 fully saturated rings. The van der Waals surface area contributed by atoms with Crippen molar-refractivity contribution in [2.75, 3.05) is 23.8 Å². The van der Waals surface area contributed by atoms with Gasteiger partial charge in [0.2, 0.25) is 5.91 Å². The number of hydrogen-bond acceptors (Lipinski definition) is 4. The zero-order chi connectivity index (χ0) is 14.3.